The fraction of sp³-hybridized carbons (Fsp3) is 0.727. The molecule has 1 aliphatic rings. The number of carbonyl (C=O) groups is 1. The van der Waals surface area contributed by atoms with E-state index in [-0.39, 0.29) is 18.4 Å². The molecule has 0 radical (unpaired) electrons. The smallest absolute Gasteiger partial charge is 0.246 e. The third kappa shape index (κ3) is 2.58. The summed E-state index contributed by atoms with van der Waals surface area (Å²) >= 11 is 0. The van der Waals surface area contributed by atoms with Gasteiger partial charge in [-0.2, -0.15) is 0 Å². The summed E-state index contributed by atoms with van der Waals surface area (Å²) in [5.41, 5.74) is -0.140. The Balaban J connectivity index is 2.54. The van der Waals surface area contributed by atoms with Crippen molar-refractivity contribution in [1.82, 2.24) is 5.32 Å². The van der Waals surface area contributed by atoms with Gasteiger partial charge in [-0.05, 0) is 19.3 Å². The topological polar surface area (TPSA) is 58.6 Å². The summed E-state index contributed by atoms with van der Waals surface area (Å²) in [5.74, 6) is 0.0680. The van der Waals surface area contributed by atoms with Crippen LogP contribution in [-0.2, 0) is 9.53 Å². The first-order valence-electron chi connectivity index (χ1n) is 5.20. The zero-order valence-corrected chi connectivity index (χ0v) is 9.38. The van der Waals surface area contributed by atoms with Crippen LogP contribution in [0.5, 0.6) is 0 Å². The van der Waals surface area contributed by atoms with Gasteiger partial charge >= 0.3 is 0 Å². The van der Waals surface area contributed by atoms with Gasteiger partial charge in [-0.3, -0.25) is 4.79 Å². The van der Waals surface area contributed by atoms with E-state index in [1.165, 1.54) is 0 Å². The molecule has 86 valence electrons. The highest BCUT2D eigenvalue weighted by atomic mass is 16.5. The number of hydrogen-bond acceptors (Lipinski definition) is 3. The lowest BCUT2D eigenvalue weighted by atomic mass is 9.89. The van der Waals surface area contributed by atoms with Gasteiger partial charge < -0.3 is 15.2 Å². The van der Waals surface area contributed by atoms with Gasteiger partial charge in [0.25, 0.3) is 0 Å². The van der Waals surface area contributed by atoms with Gasteiger partial charge in [-0.15, -0.1) is 0 Å². The molecule has 1 fully saturated rings. The van der Waals surface area contributed by atoms with Gasteiger partial charge in [0.1, 0.15) is 5.60 Å². The molecule has 0 aromatic carbocycles. The van der Waals surface area contributed by atoms with Crippen LogP contribution < -0.4 is 5.32 Å². The van der Waals surface area contributed by atoms with Crippen LogP contribution in [0, 0.1) is 5.92 Å². The van der Waals surface area contributed by atoms with E-state index >= 15 is 0 Å². The quantitative estimate of drug-likeness (QED) is 0.667. The predicted octanol–water partition coefficient (Wildman–Crippen LogP) is 0.466. The monoisotopic (exact) mass is 213 g/mol. The van der Waals surface area contributed by atoms with E-state index < -0.39 is 5.60 Å². The highest BCUT2D eigenvalue weighted by molar-refractivity contribution is 5.92. The summed E-state index contributed by atoms with van der Waals surface area (Å²) in [6, 6.07) is 0. The van der Waals surface area contributed by atoms with Crippen molar-refractivity contribution in [2.24, 2.45) is 5.92 Å². The Bertz CT molecular complexity index is 265. The normalized spacial score (nSPS) is 30.2. The molecule has 1 aliphatic heterocycles. The molecule has 4 heteroatoms. The molecule has 0 aliphatic carbocycles. The van der Waals surface area contributed by atoms with E-state index in [9.17, 15) is 9.90 Å². The summed E-state index contributed by atoms with van der Waals surface area (Å²) in [4.78, 5) is 11.3. The molecule has 1 amide bonds. The van der Waals surface area contributed by atoms with Crippen molar-refractivity contribution in [3.63, 3.8) is 0 Å². The van der Waals surface area contributed by atoms with Gasteiger partial charge in [-0.1, -0.05) is 13.5 Å². The molecule has 4 nitrogen and oxygen atoms in total. The molecule has 1 rings (SSSR count). The molecule has 1 saturated heterocycles. The Morgan fingerprint density at radius 3 is 2.80 bits per heavy atom. The first-order valence-corrected chi connectivity index (χ1v) is 5.20. The maximum absolute atomic E-state index is 11.3. The summed E-state index contributed by atoms with van der Waals surface area (Å²) in [7, 11) is 0. The molecule has 0 bridgehead atoms. The van der Waals surface area contributed by atoms with E-state index in [0.717, 1.165) is 6.42 Å². The van der Waals surface area contributed by atoms with Crippen LogP contribution >= 0.6 is 0 Å². The maximum Gasteiger partial charge on any atom is 0.246 e. The van der Waals surface area contributed by atoms with Crippen molar-refractivity contribution in [2.45, 2.75) is 25.9 Å². The third-order valence-electron chi connectivity index (χ3n) is 3.04. The van der Waals surface area contributed by atoms with Crippen LogP contribution in [0.15, 0.2) is 12.2 Å². The summed E-state index contributed by atoms with van der Waals surface area (Å²) in [6.45, 7) is 8.15. The van der Waals surface area contributed by atoms with Gasteiger partial charge in [0.15, 0.2) is 0 Å². The predicted molar refractivity (Wildman–Crippen MR) is 57.4 cm³/mol. The number of aliphatic hydroxyl groups excluding tert-OH is 1. The van der Waals surface area contributed by atoms with Crippen LogP contribution in [0.2, 0.25) is 0 Å². The van der Waals surface area contributed by atoms with E-state index in [1.54, 1.807) is 6.92 Å². The zero-order chi connectivity index (χ0) is 11.5. The number of ether oxygens (including phenoxy) is 1. The molecule has 2 unspecified atom stereocenters. The SMILES string of the molecule is C=C(C)C(=O)NCC1(CO)OCCC1C. The molecule has 0 aromatic rings. The molecular weight excluding hydrogens is 194 g/mol. The number of amides is 1. The summed E-state index contributed by atoms with van der Waals surface area (Å²) in [6.07, 6.45) is 0.920. The Morgan fingerprint density at radius 2 is 2.40 bits per heavy atom. The number of carbonyl (C=O) groups excluding carboxylic acids is 1. The van der Waals surface area contributed by atoms with E-state index in [1.807, 2.05) is 6.92 Å². The third-order valence-corrected chi connectivity index (χ3v) is 3.04. The van der Waals surface area contributed by atoms with Crippen LogP contribution in [0.4, 0.5) is 0 Å². The average molecular weight is 213 g/mol. The maximum atomic E-state index is 11.3. The van der Waals surface area contributed by atoms with Crippen molar-refractivity contribution >= 4 is 5.91 Å². The number of nitrogens with one attached hydrogen (secondary N) is 1. The molecule has 2 N–H and O–H groups in total. The van der Waals surface area contributed by atoms with E-state index in [2.05, 4.69) is 11.9 Å². The molecule has 0 spiro atoms. The molecule has 1 heterocycles. The van der Waals surface area contributed by atoms with E-state index in [4.69, 9.17) is 4.74 Å². The average Bonchev–Trinajstić information content (AvgIpc) is 2.57. The van der Waals surface area contributed by atoms with Crippen LogP contribution in [0.25, 0.3) is 0 Å². The van der Waals surface area contributed by atoms with E-state index in [0.29, 0.717) is 18.7 Å². The van der Waals surface area contributed by atoms with Gasteiger partial charge in [-0.25, -0.2) is 0 Å². The van der Waals surface area contributed by atoms with Gasteiger partial charge in [0.05, 0.1) is 6.61 Å². The first-order chi connectivity index (χ1) is 7.02. The van der Waals surface area contributed by atoms with Crippen molar-refractivity contribution in [1.29, 1.82) is 0 Å². The Morgan fingerprint density at radius 1 is 1.73 bits per heavy atom. The lowest BCUT2D eigenvalue weighted by Gasteiger charge is -2.30. The lowest BCUT2D eigenvalue weighted by Crippen LogP contribution is -2.49. The van der Waals surface area contributed by atoms with Crippen LogP contribution in [0.1, 0.15) is 20.3 Å². The molecule has 2 atom stereocenters. The second kappa shape index (κ2) is 4.77. The first kappa shape index (κ1) is 12.2. The Labute approximate surface area is 90.3 Å². The summed E-state index contributed by atoms with van der Waals surface area (Å²) in [5, 5.41) is 12.1. The number of hydrogen-bond donors (Lipinski definition) is 2. The van der Waals surface area contributed by atoms with Crippen molar-refractivity contribution in [3.05, 3.63) is 12.2 Å². The van der Waals surface area contributed by atoms with Crippen LogP contribution in [-0.4, -0.2) is 36.4 Å². The second-order valence-electron chi connectivity index (χ2n) is 4.22. The minimum absolute atomic E-state index is 0.0648. The molecule has 15 heavy (non-hydrogen) atoms. The Hall–Kier alpha value is -0.870. The molecule has 0 aromatic heterocycles. The standard InChI is InChI=1S/C11H19NO3/c1-8(2)10(14)12-6-11(7-13)9(3)4-5-15-11/h9,13H,1,4-7H2,2-3H3,(H,12,14). The fourth-order valence-electron chi connectivity index (χ4n) is 1.71. The molecular formula is C11H19NO3. The largest absolute Gasteiger partial charge is 0.393 e. The van der Waals surface area contributed by atoms with Crippen molar-refractivity contribution < 1.29 is 14.6 Å². The second-order valence-corrected chi connectivity index (χ2v) is 4.22. The zero-order valence-electron chi connectivity index (χ0n) is 9.38. The number of aliphatic hydroxyl groups is 1. The minimum Gasteiger partial charge on any atom is -0.393 e. The van der Waals surface area contributed by atoms with Gasteiger partial charge in [0.2, 0.25) is 5.91 Å². The van der Waals surface area contributed by atoms with Crippen molar-refractivity contribution in [3.8, 4) is 0 Å². The summed E-state index contributed by atoms with van der Waals surface area (Å²) < 4.78 is 5.54. The molecule has 0 saturated carbocycles. The van der Waals surface area contributed by atoms with Crippen LogP contribution in [0.3, 0.4) is 0 Å². The number of rotatable bonds is 4. The fourth-order valence-corrected chi connectivity index (χ4v) is 1.71. The van der Waals surface area contributed by atoms with Crippen molar-refractivity contribution in [2.75, 3.05) is 19.8 Å². The lowest BCUT2D eigenvalue weighted by molar-refractivity contribution is -0.120. The highest BCUT2D eigenvalue weighted by Gasteiger charge is 2.41. The Kier molecular flexibility index (Phi) is 3.88. The van der Waals surface area contributed by atoms with Gasteiger partial charge in [0, 0.05) is 18.7 Å². The minimum atomic E-state index is -0.606. The highest BCUT2D eigenvalue weighted by Crippen LogP contribution is 2.30.